The Morgan fingerprint density at radius 3 is 2.88 bits per heavy atom. The van der Waals surface area contributed by atoms with Crippen LogP contribution in [0.25, 0.3) is 0 Å². The topological polar surface area (TPSA) is 35.5 Å². The predicted octanol–water partition coefficient (Wildman–Crippen LogP) is 2.00. The molecule has 1 rings (SSSR count). The summed E-state index contributed by atoms with van der Waals surface area (Å²) in [5.41, 5.74) is 0. The second kappa shape index (κ2) is 8.90. The highest BCUT2D eigenvalue weighted by Crippen LogP contribution is 2.16. The zero-order chi connectivity index (χ0) is 12.5. The summed E-state index contributed by atoms with van der Waals surface area (Å²) in [4.78, 5) is 2.60. The van der Waals surface area contributed by atoms with Crippen LogP contribution in [0.5, 0.6) is 0 Å². The van der Waals surface area contributed by atoms with Crippen LogP contribution in [0.2, 0.25) is 0 Å². The number of nitrogens with zero attached hydrogens (tertiary/aromatic N) is 1. The minimum Gasteiger partial charge on any atom is -0.395 e. The van der Waals surface area contributed by atoms with E-state index in [1.807, 2.05) is 0 Å². The number of aliphatic hydroxyl groups is 1. The van der Waals surface area contributed by atoms with Gasteiger partial charge in [-0.2, -0.15) is 0 Å². The molecule has 0 aromatic carbocycles. The molecule has 1 saturated heterocycles. The normalized spacial score (nSPS) is 24.5. The van der Waals surface area contributed by atoms with Crippen molar-refractivity contribution in [1.82, 2.24) is 10.2 Å². The fourth-order valence-electron chi connectivity index (χ4n) is 2.59. The molecule has 2 N–H and O–H groups in total. The lowest BCUT2D eigenvalue weighted by Crippen LogP contribution is -2.40. The summed E-state index contributed by atoms with van der Waals surface area (Å²) in [6.45, 7) is 8.16. The number of hydrogen-bond acceptors (Lipinski definition) is 3. The molecule has 0 aromatic rings. The van der Waals surface area contributed by atoms with Gasteiger partial charge in [0.2, 0.25) is 0 Å². The molecule has 0 aliphatic carbocycles. The van der Waals surface area contributed by atoms with Crippen LogP contribution in [-0.4, -0.2) is 48.3 Å². The van der Waals surface area contributed by atoms with E-state index in [0.29, 0.717) is 0 Å². The van der Waals surface area contributed by atoms with E-state index in [9.17, 15) is 5.11 Å². The third-order valence-electron chi connectivity index (χ3n) is 3.86. The molecule has 102 valence electrons. The molecule has 1 fully saturated rings. The second-order valence-corrected chi connectivity index (χ2v) is 5.36. The van der Waals surface area contributed by atoms with Crippen molar-refractivity contribution >= 4 is 0 Å². The first kappa shape index (κ1) is 14.9. The van der Waals surface area contributed by atoms with Gasteiger partial charge in [-0.05, 0) is 52.2 Å². The van der Waals surface area contributed by atoms with Crippen LogP contribution in [0.4, 0.5) is 0 Å². The Morgan fingerprint density at radius 1 is 1.35 bits per heavy atom. The zero-order valence-corrected chi connectivity index (χ0v) is 11.6. The minimum atomic E-state index is 0.266. The largest absolute Gasteiger partial charge is 0.395 e. The van der Waals surface area contributed by atoms with E-state index < -0.39 is 0 Å². The standard InChI is InChI=1S/C14H30N2O/c1-3-9-15-14(12-17)8-11-16-10-6-4-5-7-13(16)2/h13-15,17H,3-12H2,1-2H3. The van der Waals surface area contributed by atoms with Gasteiger partial charge in [0.25, 0.3) is 0 Å². The summed E-state index contributed by atoms with van der Waals surface area (Å²) < 4.78 is 0. The number of rotatable bonds is 7. The van der Waals surface area contributed by atoms with E-state index >= 15 is 0 Å². The van der Waals surface area contributed by atoms with E-state index in [1.165, 1.54) is 32.2 Å². The average molecular weight is 242 g/mol. The van der Waals surface area contributed by atoms with Crippen molar-refractivity contribution in [3.63, 3.8) is 0 Å². The molecule has 2 atom stereocenters. The van der Waals surface area contributed by atoms with E-state index in [2.05, 4.69) is 24.1 Å². The fourth-order valence-corrected chi connectivity index (χ4v) is 2.59. The highest BCUT2D eigenvalue weighted by Gasteiger charge is 2.17. The molecule has 3 nitrogen and oxygen atoms in total. The molecule has 1 heterocycles. The van der Waals surface area contributed by atoms with Crippen molar-refractivity contribution in [3.8, 4) is 0 Å². The van der Waals surface area contributed by atoms with Crippen LogP contribution >= 0.6 is 0 Å². The summed E-state index contributed by atoms with van der Waals surface area (Å²) in [5, 5.41) is 12.7. The van der Waals surface area contributed by atoms with Gasteiger partial charge in [0.15, 0.2) is 0 Å². The van der Waals surface area contributed by atoms with Gasteiger partial charge in [-0.15, -0.1) is 0 Å². The van der Waals surface area contributed by atoms with Crippen LogP contribution in [0.3, 0.4) is 0 Å². The molecule has 1 aliphatic rings. The molecule has 3 heteroatoms. The summed E-state index contributed by atoms with van der Waals surface area (Å²) in [6, 6.07) is 1.01. The summed E-state index contributed by atoms with van der Waals surface area (Å²) >= 11 is 0. The van der Waals surface area contributed by atoms with E-state index in [4.69, 9.17) is 0 Å². The van der Waals surface area contributed by atoms with Crippen LogP contribution in [0.15, 0.2) is 0 Å². The Kier molecular flexibility index (Phi) is 7.82. The second-order valence-electron chi connectivity index (χ2n) is 5.36. The van der Waals surface area contributed by atoms with Gasteiger partial charge in [0, 0.05) is 12.1 Å². The molecule has 0 spiro atoms. The van der Waals surface area contributed by atoms with Crippen LogP contribution in [0, 0.1) is 0 Å². The van der Waals surface area contributed by atoms with Crippen molar-refractivity contribution in [2.24, 2.45) is 0 Å². The van der Waals surface area contributed by atoms with Crippen molar-refractivity contribution in [1.29, 1.82) is 0 Å². The number of likely N-dealkylation sites (tertiary alicyclic amines) is 1. The number of aliphatic hydroxyl groups excluding tert-OH is 1. The maximum absolute atomic E-state index is 9.32. The molecule has 2 unspecified atom stereocenters. The summed E-state index contributed by atoms with van der Waals surface area (Å²) in [6.07, 6.45) is 7.66. The van der Waals surface area contributed by atoms with Crippen molar-refractivity contribution in [2.45, 2.75) is 64.5 Å². The number of nitrogens with one attached hydrogen (secondary N) is 1. The van der Waals surface area contributed by atoms with Gasteiger partial charge >= 0.3 is 0 Å². The van der Waals surface area contributed by atoms with Crippen LogP contribution in [0.1, 0.15) is 52.4 Å². The lowest BCUT2D eigenvalue weighted by atomic mass is 10.1. The zero-order valence-electron chi connectivity index (χ0n) is 11.6. The Balaban J connectivity index is 2.25. The Bertz CT molecular complexity index is 187. The maximum Gasteiger partial charge on any atom is 0.0585 e. The molecular formula is C14H30N2O. The SMILES string of the molecule is CCCNC(CO)CCN1CCCCCC1C. The fraction of sp³-hybridized carbons (Fsp3) is 1.00. The highest BCUT2D eigenvalue weighted by atomic mass is 16.3. The van der Waals surface area contributed by atoms with Gasteiger partial charge in [-0.1, -0.05) is 19.8 Å². The van der Waals surface area contributed by atoms with Gasteiger partial charge < -0.3 is 15.3 Å². The van der Waals surface area contributed by atoms with E-state index in [-0.39, 0.29) is 12.6 Å². The highest BCUT2D eigenvalue weighted by molar-refractivity contribution is 4.74. The Labute approximate surface area is 107 Å². The Hall–Kier alpha value is -0.120. The maximum atomic E-state index is 9.32. The van der Waals surface area contributed by atoms with Gasteiger partial charge in [-0.25, -0.2) is 0 Å². The monoisotopic (exact) mass is 242 g/mol. The minimum absolute atomic E-state index is 0.266. The molecule has 0 bridgehead atoms. The first-order valence-corrected chi connectivity index (χ1v) is 7.36. The molecule has 0 aromatic heterocycles. The van der Waals surface area contributed by atoms with Gasteiger partial charge in [0.1, 0.15) is 0 Å². The Morgan fingerprint density at radius 2 is 2.18 bits per heavy atom. The number of hydrogen-bond donors (Lipinski definition) is 2. The van der Waals surface area contributed by atoms with Crippen LogP contribution < -0.4 is 5.32 Å². The molecular weight excluding hydrogens is 212 g/mol. The van der Waals surface area contributed by atoms with Crippen molar-refractivity contribution < 1.29 is 5.11 Å². The van der Waals surface area contributed by atoms with Crippen molar-refractivity contribution in [2.75, 3.05) is 26.2 Å². The van der Waals surface area contributed by atoms with Crippen LogP contribution in [-0.2, 0) is 0 Å². The lowest BCUT2D eigenvalue weighted by Gasteiger charge is -2.28. The average Bonchev–Trinajstić information content (AvgIpc) is 2.55. The first-order valence-electron chi connectivity index (χ1n) is 7.36. The molecule has 1 aliphatic heterocycles. The quantitative estimate of drug-likeness (QED) is 0.717. The molecule has 0 radical (unpaired) electrons. The lowest BCUT2D eigenvalue weighted by molar-refractivity contribution is 0.178. The van der Waals surface area contributed by atoms with Crippen molar-refractivity contribution in [3.05, 3.63) is 0 Å². The molecule has 0 amide bonds. The van der Waals surface area contributed by atoms with Gasteiger partial charge in [-0.3, -0.25) is 0 Å². The summed E-state index contributed by atoms with van der Waals surface area (Å²) in [7, 11) is 0. The predicted molar refractivity (Wildman–Crippen MR) is 73.3 cm³/mol. The molecule has 0 saturated carbocycles. The third-order valence-corrected chi connectivity index (χ3v) is 3.86. The molecule has 17 heavy (non-hydrogen) atoms. The summed E-state index contributed by atoms with van der Waals surface area (Å²) in [5.74, 6) is 0. The smallest absolute Gasteiger partial charge is 0.0585 e. The van der Waals surface area contributed by atoms with E-state index in [0.717, 1.165) is 32.0 Å². The van der Waals surface area contributed by atoms with Gasteiger partial charge in [0.05, 0.1) is 6.61 Å². The third kappa shape index (κ3) is 5.84. The first-order chi connectivity index (χ1) is 8.27. The van der Waals surface area contributed by atoms with E-state index in [1.54, 1.807) is 0 Å².